The van der Waals surface area contributed by atoms with Crippen LogP contribution in [0.4, 0.5) is 10.1 Å². The molecule has 1 saturated heterocycles. The highest BCUT2D eigenvalue weighted by Crippen LogP contribution is 2.29. The molecule has 3 rings (SSSR count). The minimum atomic E-state index is -3.68. The number of hydrogen-bond acceptors (Lipinski definition) is 5. The van der Waals surface area contributed by atoms with Crippen LogP contribution in [-0.2, 0) is 19.6 Å². The van der Waals surface area contributed by atoms with Gasteiger partial charge in [-0.2, -0.15) is 4.31 Å². The van der Waals surface area contributed by atoms with Crippen LogP contribution in [0.3, 0.4) is 0 Å². The number of anilines is 1. The number of ether oxygens (including phenoxy) is 2. The van der Waals surface area contributed by atoms with Crippen LogP contribution in [0.25, 0.3) is 0 Å². The van der Waals surface area contributed by atoms with Gasteiger partial charge in [0.05, 0.1) is 23.1 Å². The number of amides is 1. The van der Waals surface area contributed by atoms with Gasteiger partial charge in [-0.3, -0.25) is 4.79 Å². The van der Waals surface area contributed by atoms with Crippen molar-refractivity contribution >= 4 is 33.2 Å². The summed E-state index contributed by atoms with van der Waals surface area (Å²) in [6.07, 6.45) is 0. The molecule has 1 heterocycles. The lowest BCUT2D eigenvalue weighted by molar-refractivity contribution is -0.118. The minimum absolute atomic E-state index is 0.0385. The van der Waals surface area contributed by atoms with E-state index >= 15 is 0 Å². The molecule has 0 saturated carbocycles. The van der Waals surface area contributed by atoms with E-state index in [0.29, 0.717) is 24.5 Å². The fourth-order valence-electron chi connectivity index (χ4n) is 2.75. The molecule has 0 spiro atoms. The third-order valence-electron chi connectivity index (χ3n) is 4.34. The third kappa shape index (κ3) is 5.24. The summed E-state index contributed by atoms with van der Waals surface area (Å²) in [4.78, 5) is 12.1. The van der Waals surface area contributed by atoms with Crippen molar-refractivity contribution in [3.8, 4) is 5.75 Å². The van der Waals surface area contributed by atoms with Gasteiger partial charge in [-0.05, 0) is 42.8 Å². The number of aryl methyl sites for hydroxylation is 1. The number of rotatable bonds is 6. The first-order valence-electron chi connectivity index (χ1n) is 8.83. The van der Waals surface area contributed by atoms with E-state index in [1.807, 2.05) is 0 Å². The van der Waals surface area contributed by atoms with Crippen molar-refractivity contribution in [2.75, 3.05) is 38.2 Å². The van der Waals surface area contributed by atoms with E-state index < -0.39 is 21.7 Å². The molecule has 10 heteroatoms. The van der Waals surface area contributed by atoms with Crippen molar-refractivity contribution in [2.45, 2.75) is 11.8 Å². The molecule has 2 aromatic rings. The van der Waals surface area contributed by atoms with Gasteiger partial charge in [-0.15, -0.1) is 0 Å². The van der Waals surface area contributed by atoms with Gasteiger partial charge in [-0.1, -0.05) is 17.7 Å². The highest BCUT2D eigenvalue weighted by Gasteiger charge is 2.27. The number of benzene rings is 2. The maximum atomic E-state index is 13.3. The van der Waals surface area contributed by atoms with Crippen molar-refractivity contribution in [1.29, 1.82) is 0 Å². The molecule has 7 nitrogen and oxygen atoms in total. The number of carbonyl (C=O) groups is 1. The standard InChI is InChI=1S/C19H20ClFN2O5S/c1-13-2-3-14(21)10-17(13)22-19(24)12-28-18-5-4-15(11-16(18)20)29(25,26)23-6-8-27-9-7-23/h2-5,10-11H,6-9,12H2,1H3,(H,22,24). The average Bonchev–Trinajstić information content (AvgIpc) is 2.70. The second kappa shape index (κ2) is 9.08. The van der Waals surface area contributed by atoms with E-state index in [2.05, 4.69) is 5.32 Å². The zero-order chi connectivity index (χ0) is 21.0. The van der Waals surface area contributed by atoms with Crippen LogP contribution in [0.1, 0.15) is 5.56 Å². The molecule has 1 aliphatic rings. The van der Waals surface area contributed by atoms with Crippen molar-refractivity contribution in [3.05, 3.63) is 52.8 Å². The zero-order valence-electron chi connectivity index (χ0n) is 15.7. The molecule has 29 heavy (non-hydrogen) atoms. The lowest BCUT2D eigenvalue weighted by Crippen LogP contribution is -2.40. The fourth-order valence-corrected chi connectivity index (χ4v) is 4.49. The molecule has 0 radical (unpaired) electrons. The van der Waals surface area contributed by atoms with Gasteiger partial charge in [0.25, 0.3) is 5.91 Å². The number of hydrogen-bond donors (Lipinski definition) is 1. The Morgan fingerprint density at radius 1 is 1.24 bits per heavy atom. The van der Waals surface area contributed by atoms with Gasteiger partial charge < -0.3 is 14.8 Å². The normalized spacial score (nSPS) is 15.1. The summed E-state index contributed by atoms with van der Waals surface area (Å²) < 4.78 is 50.5. The Labute approximate surface area is 173 Å². The topological polar surface area (TPSA) is 84.9 Å². The Hall–Kier alpha value is -2.20. The quantitative estimate of drug-likeness (QED) is 0.743. The smallest absolute Gasteiger partial charge is 0.262 e. The molecule has 1 amide bonds. The van der Waals surface area contributed by atoms with Crippen molar-refractivity contribution in [1.82, 2.24) is 4.31 Å². The molecule has 0 aliphatic carbocycles. The second-order valence-corrected chi connectivity index (χ2v) is 8.75. The number of nitrogens with zero attached hydrogens (tertiary/aromatic N) is 1. The van der Waals surface area contributed by atoms with Gasteiger partial charge in [0.15, 0.2) is 6.61 Å². The summed E-state index contributed by atoms with van der Waals surface area (Å²) in [6, 6.07) is 8.13. The number of nitrogens with one attached hydrogen (secondary N) is 1. The zero-order valence-corrected chi connectivity index (χ0v) is 17.2. The van der Waals surface area contributed by atoms with Gasteiger partial charge in [0.2, 0.25) is 10.0 Å². The molecule has 1 fully saturated rings. The molecule has 156 valence electrons. The van der Waals surface area contributed by atoms with Crippen LogP contribution in [0, 0.1) is 12.7 Å². The average molecular weight is 443 g/mol. The van der Waals surface area contributed by atoms with E-state index in [9.17, 15) is 17.6 Å². The molecular weight excluding hydrogens is 423 g/mol. The van der Waals surface area contributed by atoms with Crippen LogP contribution >= 0.6 is 11.6 Å². The number of morpholine rings is 1. The second-order valence-electron chi connectivity index (χ2n) is 6.40. The number of sulfonamides is 1. The predicted molar refractivity (Wildman–Crippen MR) is 106 cm³/mol. The first-order valence-corrected chi connectivity index (χ1v) is 10.7. The highest BCUT2D eigenvalue weighted by molar-refractivity contribution is 7.89. The van der Waals surface area contributed by atoms with Gasteiger partial charge in [0, 0.05) is 18.8 Å². The molecule has 1 aliphatic heterocycles. The summed E-state index contributed by atoms with van der Waals surface area (Å²) in [7, 11) is -3.68. The van der Waals surface area contributed by atoms with Crippen LogP contribution in [0.2, 0.25) is 5.02 Å². The monoisotopic (exact) mass is 442 g/mol. The van der Waals surface area contributed by atoms with Crippen molar-refractivity contribution in [2.24, 2.45) is 0 Å². The van der Waals surface area contributed by atoms with Crippen molar-refractivity contribution < 1.29 is 27.1 Å². The Bertz CT molecular complexity index is 1010. The van der Waals surface area contributed by atoms with E-state index in [0.717, 1.165) is 0 Å². The summed E-state index contributed by atoms with van der Waals surface area (Å²) in [5.41, 5.74) is 1.05. The Morgan fingerprint density at radius 2 is 1.97 bits per heavy atom. The Balaban J connectivity index is 1.64. The number of halogens is 2. The first kappa shape index (κ1) is 21.5. The number of carbonyl (C=O) groups excluding carboxylic acids is 1. The van der Waals surface area contributed by atoms with E-state index in [1.165, 1.54) is 34.6 Å². The van der Waals surface area contributed by atoms with Crippen LogP contribution in [-0.4, -0.2) is 51.5 Å². The van der Waals surface area contributed by atoms with Crippen LogP contribution in [0.15, 0.2) is 41.3 Å². The summed E-state index contributed by atoms with van der Waals surface area (Å²) >= 11 is 6.15. The molecule has 0 bridgehead atoms. The minimum Gasteiger partial charge on any atom is -0.482 e. The van der Waals surface area contributed by atoms with Gasteiger partial charge in [0.1, 0.15) is 11.6 Å². The van der Waals surface area contributed by atoms with E-state index in [1.54, 1.807) is 13.0 Å². The van der Waals surface area contributed by atoms with Gasteiger partial charge >= 0.3 is 0 Å². The largest absolute Gasteiger partial charge is 0.482 e. The molecule has 1 N–H and O–H groups in total. The fraction of sp³-hybridized carbons (Fsp3) is 0.316. The molecular formula is C19H20ClFN2O5S. The molecule has 2 aromatic carbocycles. The lowest BCUT2D eigenvalue weighted by Gasteiger charge is -2.26. The summed E-state index contributed by atoms with van der Waals surface area (Å²) in [5, 5.41) is 2.62. The maximum Gasteiger partial charge on any atom is 0.262 e. The SMILES string of the molecule is Cc1ccc(F)cc1NC(=O)COc1ccc(S(=O)(=O)N2CCOCC2)cc1Cl. The van der Waals surface area contributed by atoms with Gasteiger partial charge in [-0.25, -0.2) is 12.8 Å². The molecule has 0 aromatic heterocycles. The maximum absolute atomic E-state index is 13.3. The predicted octanol–water partition coefficient (Wildman–Crippen LogP) is 2.83. The van der Waals surface area contributed by atoms with E-state index in [-0.39, 0.29) is 35.4 Å². The molecule has 0 atom stereocenters. The van der Waals surface area contributed by atoms with Crippen LogP contribution < -0.4 is 10.1 Å². The molecule has 0 unspecified atom stereocenters. The highest BCUT2D eigenvalue weighted by atomic mass is 35.5. The first-order chi connectivity index (χ1) is 13.8. The lowest BCUT2D eigenvalue weighted by atomic mass is 10.2. The Kier molecular flexibility index (Phi) is 6.74. The van der Waals surface area contributed by atoms with Crippen molar-refractivity contribution in [3.63, 3.8) is 0 Å². The Morgan fingerprint density at radius 3 is 2.66 bits per heavy atom. The summed E-state index contributed by atoms with van der Waals surface area (Å²) in [5.74, 6) is -0.801. The van der Waals surface area contributed by atoms with E-state index in [4.69, 9.17) is 21.1 Å². The third-order valence-corrected chi connectivity index (χ3v) is 6.53. The summed E-state index contributed by atoms with van der Waals surface area (Å²) in [6.45, 7) is 2.60. The van der Waals surface area contributed by atoms with Crippen LogP contribution in [0.5, 0.6) is 5.75 Å².